The van der Waals surface area contributed by atoms with Crippen molar-refractivity contribution in [3.05, 3.63) is 29.8 Å². The molecule has 2 unspecified atom stereocenters. The van der Waals surface area contributed by atoms with Crippen LogP contribution >= 0.6 is 0 Å². The zero-order valence-corrected chi connectivity index (χ0v) is 12.2. The fraction of sp³-hybridized carbons (Fsp3) is 0.467. The molecule has 0 aliphatic carbocycles. The second-order valence-electron chi connectivity index (χ2n) is 5.49. The van der Waals surface area contributed by atoms with Crippen molar-refractivity contribution in [2.75, 3.05) is 4.90 Å². The van der Waals surface area contributed by atoms with E-state index in [1.165, 1.54) is 4.90 Å². The van der Waals surface area contributed by atoms with Crippen LogP contribution in [-0.4, -0.2) is 23.9 Å². The van der Waals surface area contributed by atoms with Crippen molar-refractivity contribution >= 4 is 17.5 Å². The van der Waals surface area contributed by atoms with Gasteiger partial charge in [-0.3, -0.25) is 14.5 Å². The van der Waals surface area contributed by atoms with Crippen molar-refractivity contribution in [1.82, 2.24) is 5.32 Å². The quantitative estimate of drug-likeness (QED) is 0.930. The Kier molecular flexibility index (Phi) is 4.25. The Balaban J connectivity index is 2.49. The molecule has 6 heteroatoms. The van der Waals surface area contributed by atoms with Crippen LogP contribution in [0.2, 0.25) is 0 Å². The first-order chi connectivity index (χ1) is 9.85. The van der Waals surface area contributed by atoms with Crippen molar-refractivity contribution in [2.24, 2.45) is 5.92 Å². The molecule has 21 heavy (non-hydrogen) atoms. The summed E-state index contributed by atoms with van der Waals surface area (Å²) < 4.78 is 26.8. The van der Waals surface area contributed by atoms with E-state index in [4.69, 9.17) is 0 Å². The number of nitrogens with one attached hydrogen (secondary N) is 1. The van der Waals surface area contributed by atoms with E-state index < -0.39 is 23.7 Å². The molecule has 2 rings (SSSR count). The van der Waals surface area contributed by atoms with Crippen molar-refractivity contribution in [2.45, 2.75) is 39.3 Å². The number of carbonyl (C=O) groups excluding carboxylic acids is 2. The lowest BCUT2D eigenvalue weighted by Gasteiger charge is -2.40. The number of nitrogens with zero attached hydrogens (tertiary/aromatic N) is 1. The number of hydrogen-bond acceptors (Lipinski definition) is 2. The molecule has 2 amide bonds. The van der Waals surface area contributed by atoms with E-state index in [-0.39, 0.29) is 23.4 Å². The van der Waals surface area contributed by atoms with Gasteiger partial charge in [-0.25, -0.2) is 8.78 Å². The largest absolute Gasteiger partial charge is 0.342 e. The first kappa shape index (κ1) is 15.4. The Bertz CT molecular complexity index is 555. The Morgan fingerprint density at radius 1 is 1.19 bits per heavy atom. The van der Waals surface area contributed by atoms with E-state index >= 15 is 0 Å². The molecule has 0 aromatic heterocycles. The summed E-state index contributed by atoms with van der Waals surface area (Å²) >= 11 is 0. The van der Waals surface area contributed by atoms with Crippen molar-refractivity contribution in [1.29, 1.82) is 0 Å². The number of halogens is 2. The SMILES string of the molecule is CCC1C(=O)NC(C(C)C)C(=O)N1c1cc(F)cc(F)c1. The third-order valence-electron chi connectivity index (χ3n) is 3.59. The third-order valence-corrected chi connectivity index (χ3v) is 3.59. The summed E-state index contributed by atoms with van der Waals surface area (Å²) in [5.41, 5.74) is 0.0739. The standard InChI is InChI=1S/C15H18F2N2O2/c1-4-12-14(20)18-13(8(2)3)15(21)19(12)11-6-9(16)5-10(17)7-11/h5-8,12-13H,4H2,1-3H3,(H,18,20). The van der Waals surface area contributed by atoms with Gasteiger partial charge in [-0.2, -0.15) is 0 Å². The maximum atomic E-state index is 13.4. The highest BCUT2D eigenvalue weighted by Gasteiger charge is 2.41. The molecular formula is C15H18F2N2O2. The highest BCUT2D eigenvalue weighted by atomic mass is 19.1. The van der Waals surface area contributed by atoms with Crippen molar-refractivity contribution in [3.8, 4) is 0 Å². The Morgan fingerprint density at radius 3 is 2.24 bits per heavy atom. The number of hydrogen-bond donors (Lipinski definition) is 1. The van der Waals surface area contributed by atoms with E-state index in [1.54, 1.807) is 20.8 Å². The van der Waals surface area contributed by atoms with Gasteiger partial charge in [0, 0.05) is 6.07 Å². The summed E-state index contributed by atoms with van der Waals surface area (Å²) in [6.45, 7) is 5.36. The zero-order valence-electron chi connectivity index (χ0n) is 12.2. The molecule has 114 valence electrons. The van der Waals surface area contributed by atoms with Gasteiger partial charge in [-0.1, -0.05) is 20.8 Å². The average molecular weight is 296 g/mol. The highest BCUT2D eigenvalue weighted by Crippen LogP contribution is 2.26. The molecule has 1 aromatic carbocycles. The van der Waals surface area contributed by atoms with Gasteiger partial charge in [0.25, 0.3) is 5.91 Å². The second-order valence-corrected chi connectivity index (χ2v) is 5.49. The highest BCUT2D eigenvalue weighted by molar-refractivity contribution is 6.08. The van der Waals surface area contributed by atoms with Gasteiger partial charge in [-0.05, 0) is 24.5 Å². The molecule has 1 fully saturated rings. The molecule has 4 nitrogen and oxygen atoms in total. The van der Waals surface area contributed by atoms with Crippen LogP contribution in [0, 0.1) is 17.6 Å². The van der Waals surface area contributed by atoms with Gasteiger partial charge in [0.05, 0.1) is 5.69 Å². The molecule has 0 saturated carbocycles. The minimum atomic E-state index is -0.778. The first-order valence-electron chi connectivity index (χ1n) is 6.94. The van der Waals surface area contributed by atoms with Gasteiger partial charge in [-0.15, -0.1) is 0 Å². The first-order valence-corrected chi connectivity index (χ1v) is 6.94. The summed E-state index contributed by atoms with van der Waals surface area (Å²) in [6, 6.07) is 1.43. The molecular weight excluding hydrogens is 278 g/mol. The Morgan fingerprint density at radius 2 is 1.76 bits per heavy atom. The zero-order chi connectivity index (χ0) is 15.7. The molecule has 1 N–H and O–H groups in total. The Labute approximate surface area is 122 Å². The molecule has 1 aliphatic heterocycles. The second kappa shape index (κ2) is 5.79. The van der Waals surface area contributed by atoms with Crippen LogP contribution in [0.5, 0.6) is 0 Å². The van der Waals surface area contributed by atoms with E-state index in [1.807, 2.05) is 0 Å². The van der Waals surface area contributed by atoms with E-state index in [2.05, 4.69) is 5.32 Å². The predicted molar refractivity (Wildman–Crippen MR) is 74.7 cm³/mol. The smallest absolute Gasteiger partial charge is 0.250 e. The molecule has 0 spiro atoms. The molecule has 0 bridgehead atoms. The maximum absolute atomic E-state index is 13.4. The van der Waals surface area contributed by atoms with Crippen LogP contribution in [-0.2, 0) is 9.59 Å². The van der Waals surface area contributed by atoms with Gasteiger partial charge in [0.15, 0.2) is 0 Å². The van der Waals surface area contributed by atoms with Crippen molar-refractivity contribution in [3.63, 3.8) is 0 Å². The normalized spacial score (nSPS) is 22.7. The Hall–Kier alpha value is -1.98. The number of anilines is 1. The molecule has 2 atom stereocenters. The molecule has 1 heterocycles. The lowest BCUT2D eigenvalue weighted by molar-refractivity contribution is -0.134. The number of rotatable bonds is 3. The van der Waals surface area contributed by atoms with Gasteiger partial charge < -0.3 is 5.32 Å². The van der Waals surface area contributed by atoms with Crippen LogP contribution < -0.4 is 10.2 Å². The predicted octanol–water partition coefficient (Wildman–Crippen LogP) is 2.23. The minimum Gasteiger partial charge on any atom is -0.342 e. The summed E-state index contributed by atoms with van der Waals surface area (Å²) in [6.07, 6.45) is 0.362. The fourth-order valence-corrected chi connectivity index (χ4v) is 2.54. The third kappa shape index (κ3) is 2.89. The topological polar surface area (TPSA) is 49.4 Å². The lowest BCUT2D eigenvalue weighted by atomic mass is 9.96. The molecule has 0 radical (unpaired) electrons. The van der Waals surface area contributed by atoms with Gasteiger partial charge >= 0.3 is 0 Å². The fourth-order valence-electron chi connectivity index (χ4n) is 2.54. The summed E-state index contributed by atoms with van der Waals surface area (Å²) in [5, 5.41) is 2.68. The summed E-state index contributed by atoms with van der Waals surface area (Å²) in [5.74, 6) is -2.32. The van der Waals surface area contributed by atoms with Crippen LogP contribution in [0.25, 0.3) is 0 Å². The number of piperazine rings is 1. The lowest BCUT2D eigenvalue weighted by Crippen LogP contribution is -2.65. The van der Waals surface area contributed by atoms with Gasteiger partial charge in [0.2, 0.25) is 5.91 Å². The van der Waals surface area contributed by atoms with E-state index in [9.17, 15) is 18.4 Å². The monoisotopic (exact) mass is 296 g/mol. The van der Waals surface area contributed by atoms with E-state index in [0.29, 0.717) is 6.42 Å². The molecule has 1 aliphatic rings. The summed E-state index contributed by atoms with van der Waals surface area (Å²) in [4.78, 5) is 25.9. The van der Waals surface area contributed by atoms with Crippen LogP contribution in [0.4, 0.5) is 14.5 Å². The van der Waals surface area contributed by atoms with Crippen LogP contribution in [0.15, 0.2) is 18.2 Å². The minimum absolute atomic E-state index is 0.0739. The summed E-state index contributed by atoms with van der Waals surface area (Å²) in [7, 11) is 0. The average Bonchev–Trinajstić information content (AvgIpc) is 2.38. The van der Waals surface area contributed by atoms with Crippen LogP contribution in [0.1, 0.15) is 27.2 Å². The van der Waals surface area contributed by atoms with Crippen LogP contribution in [0.3, 0.4) is 0 Å². The van der Waals surface area contributed by atoms with Gasteiger partial charge in [0.1, 0.15) is 23.7 Å². The van der Waals surface area contributed by atoms with E-state index in [0.717, 1.165) is 18.2 Å². The molecule has 1 saturated heterocycles. The molecule has 1 aromatic rings. The number of amides is 2. The maximum Gasteiger partial charge on any atom is 0.250 e. The number of benzene rings is 1. The number of carbonyl (C=O) groups is 2. The van der Waals surface area contributed by atoms with Crippen molar-refractivity contribution < 1.29 is 18.4 Å².